The number of hydrogen-bond acceptors (Lipinski definition) is 2. The Bertz CT molecular complexity index is 3680. The molecule has 0 atom stereocenters. The molecule has 2 heterocycles. The molecule has 0 radical (unpaired) electrons. The molecule has 384 valence electrons. The van der Waals surface area contributed by atoms with Gasteiger partial charge in [0.1, 0.15) is 0 Å². The van der Waals surface area contributed by atoms with Gasteiger partial charge in [-0.3, -0.25) is 0 Å². The van der Waals surface area contributed by atoms with Crippen LogP contribution in [0.1, 0.15) is 174 Å². The van der Waals surface area contributed by atoms with Crippen LogP contribution in [0.15, 0.2) is 158 Å². The van der Waals surface area contributed by atoms with E-state index in [2.05, 4.69) is 285 Å². The Morgan fingerprint density at radius 1 is 0.342 bits per heavy atom. The summed E-state index contributed by atoms with van der Waals surface area (Å²) in [5.74, 6) is 0. The van der Waals surface area contributed by atoms with Crippen LogP contribution in [0.25, 0.3) is 22.3 Å². The number of fused-ring (bicyclic) bond motifs is 7. The molecule has 0 unspecified atom stereocenters. The molecule has 0 N–H and O–H groups in total. The molecule has 0 saturated heterocycles. The third kappa shape index (κ3) is 7.56. The molecule has 4 aliphatic rings. The van der Waals surface area contributed by atoms with Crippen LogP contribution in [-0.2, 0) is 37.9 Å². The van der Waals surface area contributed by atoms with Crippen molar-refractivity contribution in [1.82, 2.24) is 0 Å². The normalized spacial score (nSPS) is 17.3. The van der Waals surface area contributed by atoms with Crippen molar-refractivity contribution in [1.29, 1.82) is 0 Å². The molecule has 0 bridgehead atoms. The number of nitrogens with zero attached hydrogens (tertiary/aromatic N) is 2. The first-order chi connectivity index (χ1) is 35.6. The quantitative estimate of drug-likeness (QED) is 0.162. The van der Waals surface area contributed by atoms with Crippen molar-refractivity contribution < 1.29 is 0 Å². The van der Waals surface area contributed by atoms with Gasteiger partial charge in [-0.1, -0.05) is 227 Å². The van der Waals surface area contributed by atoms with Gasteiger partial charge in [-0.25, -0.2) is 0 Å². The maximum absolute atomic E-state index is 2.73. The lowest BCUT2D eigenvalue weighted by atomic mass is 9.32. The molecule has 3 heteroatoms. The Kier molecular flexibility index (Phi) is 10.9. The van der Waals surface area contributed by atoms with Gasteiger partial charge < -0.3 is 9.80 Å². The van der Waals surface area contributed by atoms with Crippen molar-refractivity contribution in [3.63, 3.8) is 0 Å². The SMILES string of the molecule is CC(C)(C)c1ccc(N2c3cc4c(cc3B3c5cc6c(cc5N(c5ccc(C(C)(C)C)cc5-c5ccccc5)c5cc(C(C)(C)C)cc2c53)C(C)(C)c2ccccc2C6(C)C)C(C)(C)CC4(C)C)c(-c2ccccc2)c1. The van der Waals surface area contributed by atoms with Gasteiger partial charge in [0.05, 0.1) is 11.4 Å². The fraction of sp³-hybridized carbons (Fsp3) is 0.342. The minimum absolute atomic E-state index is 0.00402. The molecule has 76 heavy (non-hydrogen) atoms. The summed E-state index contributed by atoms with van der Waals surface area (Å²) in [7, 11) is 0. The first-order valence-corrected chi connectivity index (χ1v) is 28.3. The summed E-state index contributed by atoms with van der Waals surface area (Å²) in [5, 5.41) is 0. The Hall–Kier alpha value is -6.58. The minimum Gasteiger partial charge on any atom is -0.311 e. The van der Waals surface area contributed by atoms with Crippen molar-refractivity contribution in [2.45, 2.75) is 162 Å². The maximum Gasteiger partial charge on any atom is 0.252 e. The van der Waals surface area contributed by atoms with Crippen molar-refractivity contribution in [3.8, 4) is 22.3 Å². The molecule has 0 amide bonds. The molecule has 2 nitrogen and oxygen atoms in total. The second-order valence-corrected chi connectivity index (χ2v) is 28.6. The van der Waals surface area contributed by atoms with Gasteiger partial charge in [0, 0.05) is 44.7 Å². The van der Waals surface area contributed by atoms with Gasteiger partial charge in [-0.05, 0) is 160 Å². The van der Waals surface area contributed by atoms with Crippen LogP contribution < -0.4 is 26.2 Å². The zero-order valence-corrected chi connectivity index (χ0v) is 48.7. The Balaban J connectivity index is 1.28. The third-order valence-corrected chi connectivity index (χ3v) is 18.5. The predicted molar refractivity (Wildman–Crippen MR) is 329 cm³/mol. The highest BCUT2D eigenvalue weighted by Crippen LogP contribution is 2.57. The minimum atomic E-state index is -0.246. The standard InChI is InChI=1S/C73H79BN2/c1-67(2,3)47-32-34-60(50(36-47)45-26-20-18-21-27-45)75-62-42-55-54(70(10,11)44-71(55,12)13)40-58(62)74-59-41-56-57(73(16,17)53-31-25-24-30-52(53)72(56,14)15)43-63(59)76(65-39-49(69(7,8)9)38-64(75)66(65)74)61-35-33-48(68(4,5)6)37-51(61)46-28-22-19-23-29-46/h18-43H,44H2,1-17H3. The molecule has 8 aromatic carbocycles. The maximum atomic E-state index is 2.73. The molecule has 8 aromatic rings. The molecule has 0 aromatic heterocycles. The van der Waals surface area contributed by atoms with E-state index in [1.807, 2.05) is 0 Å². The second kappa shape index (κ2) is 16.5. The van der Waals surface area contributed by atoms with Gasteiger partial charge in [0.15, 0.2) is 0 Å². The molecule has 0 spiro atoms. The monoisotopic (exact) mass is 995 g/mol. The van der Waals surface area contributed by atoms with Gasteiger partial charge in [0.2, 0.25) is 0 Å². The molecular weight excluding hydrogens is 916 g/mol. The third-order valence-electron chi connectivity index (χ3n) is 18.5. The zero-order valence-electron chi connectivity index (χ0n) is 48.7. The molecule has 12 rings (SSSR count). The van der Waals surface area contributed by atoms with Gasteiger partial charge >= 0.3 is 0 Å². The summed E-state index contributed by atoms with van der Waals surface area (Å²) in [6.07, 6.45) is 1.10. The molecule has 0 fully saturated rings. The number of hydrogen-bond donors (Lipinski definition) is 0. The van der Waals surface area contributed by atoms with E-state index in [0.717, 1.165) is 6.42 Å². The first-order valence-electron chi connectivity index (χ1n) is 28.3. The van der Waals surface area contributed by atoms with Gasteiger partial charge in [-0.15, -0.1) is 0 Å². The topological polar surface area (TPSA) is 6.48 Å². The lowest BCUT2D eigenvalue weighted by molar-refractivity contribution is 0.403. The zero-order chi connectivity index (χ0) is 54.0. The van der Waals surface area contributed by atoms with E-state index in [9.17, 15) is 0 Å². The fourth-order valence-electron chi connectivity index (χ4n) is 14.4. The highest BCUT2D eigenvalue weighted by molar-refractivity contribution is 7.00. The van der Waals surface area contributed by atoms with Crippen molar-refractivity contribution >= 4 is 57.2 Å². The lowest BCUT2D eigenvalue weighted by Crippen LogP contribution is -2.62. The average molecular weight is 995 g/mol. The molecule has 2 aliphatic carbocycles. The summed E-state index contributed by atoms with van der Waals surface area (Å²) < 4.78 is 0. The van der Waals surface area contributed by atoms with Crippen molar-refractivity contribution in [2.75, 3.05) is 9.80 Å². The highest BCUT2D eigenvalue weighted by atomic mass is 15.2. The summed E-state index contributed by atoms with van der Waals surface area (Å²) in [6, 6.07) is 62.2. The van der Waals surface area contributed by atoms with E-state index in [0.29, 0.717) is 0 Å². The van der Waals surface area contributed by atoms with E-state index in [1.54, 1.807) is 0 Å². The Morgan fingerprint density at radius 3 is 1.13 bits per heavy atom. The smallest absolute Gasteiger partial charge is 0.252 e. The van der Waals surface area contributed by atoms with Crippen molar-refractivity contribution in [2.24, 2.45) is 0 Å². The highest BCUT2D eigenvalue weighted by Gasteiger charge is 2.51. The predicted octanol–water partition coefficient (Wildman–Crippen LogP) is 17.9. The van der Waals surface area contributed by atoms with Crippen LogP contribution in [0.5, 0.6) is 0 Å². The Labute approximate surface area is 456 Å². The first kappa shape index (κ1) is 50.3. The van der Waals surface area contributed by atoms with Crippen LogP contribution in [0.3, 0.4) is 0 Å². The van der Waals surface area contributed by atoms with Gasteiger partial charge in [0.25, 0.3) is 6.71 Å². The van der Waals surface area contributed by atoms with E-state index < -0.39 is 0 Å². The molecule has 2 aliphatic heterocycles. The van der Waals surface area contributed by atoms with Gasteiger partial charge in [-0.2, -0.15) is 0 Å². The van der Waals surface area contributed by atoms with Crippen LogP contribution in [0.4, 0.5) is 34.1 Å². The summed E-state index contributed by atoms with van der Waals surface area (Å²) in [4.78, 5) is 5.45. The van der Waals surface area contributed by atoms with E-state index in [-0.39, 0.29) is 44.6 Å². The summed E-state index contributed by atoms with van der Waals surface area (Å²) in [6.45, 7) is 41.0. The number of anilines is 6. The molecular formula is C73H79BN2. The van der Waals surface area contributed by atoms with Crippen LogP contribution in [-0.4, -0.2) is 6.71 Å². The van der Waals surface area contributed by atoms with E-state index in [1.165, 1.54) is 123 Å². The number of benzene rings is 8. The summed E-state index contributed by atoms with van der Waals surface area (Å²) in [5.41, 5.74) is 28.4. The average Bonchev–Trinajstić information content (AvgIpc) is 3.72. The van der Waals surface area contributed by atoms with Crippen LogP contribution in [0, 0.1) is 0 Å². The summed E-state index contributed by atoms with van der Waals surface area (Å²) >= 11 is 0. The van der Waals surface area contributed by atoms with Crippen LogP contribution >= 0.6 is 0 Å². The van der Waals surface area contributed by atoms with E-state index >= 15 is 0 Å². The lowest BCUT2D eigenvalue weighted by Gasteiger charge is -2.49. The van der Waals surface area contributed by atoms with Crippen LogP contribution in [0.2, 0.25) is 0 Å². The largest absolute Gasteiger partial charge is 0.311 e. The fourth-order valence-corrected chi connectivity index (χ4v) is 14.4. The second-order valence-electron chi connectivity index (χ2n) is 28.6. The Morgan fingerprint density at radius 2 is 0.711 bits per heavy atom. The van der Waals surface area contributed by atoms with Crippen molar-refractivity contribution in [3.05, 3.63) is 208 Å². The van der Waals surface area contributed by atoms with E-state index in [4.69, 9.17) is 0 Å². The molecule has 0 saturated carbocycles. The number of rotatable bonds is 4.